The molecule has 0 bridgehead atoms. The fourth-order valence-electron chi connectivity index (χ4n) is 2.70. The Kier molecular flexibility index (Phi) is 5.74. The van der Waals surface area contributed by atoms with Crippen molar-refractivity contribution < 1.29 is 17.9 Å². The first-order chi connectivity index (χ1) is 12.2. The predicted octanol–water partition coefficient (Wildman–Crippen LogP) is 3.84. The van der Waals surface area contributed by atoms with E-state index in [2.05, 4.69) is 25.6 Å². The lowest BCUT2D eigenvalue weighted by Crippen LogP contribution is -2.38. The highest BCUT2D eigenvalue weighted by Gasteiger charge is 2.29. The van der Waals surface area contributed by atoms with Gasteiger partial charge in [0.15, 0.2) is 0 Å². The van der Waals surface area contributed by atoms with Crippen LogP contribution in [0.1, 0.15) is 5.56 Å². The van der Waals surface area contributed by atoms with E-state index in [4.69, 9.17) is 21.1 Å². The van der Waals surface area contributed by atoms with Crippen LogP contribution >= 0.6 is 38.9 Å². The smallest absolute Gasteiger partial charge is 0.271 e. The number of rotatable bonds is 5. The molecule has 0 aliphatic carbocycles. The zero-order chi connectivity index (χ0) is 19.1. The predicted molar refractivity (Wildman–Crippen MR) is 108 cm³/mol. The molecule has 3 rings (SSSR count). The number of halogens is 2. The second-order valence-electron chi connectivity index (χ2n) is 6.05. The summed E-state index contributed by atoms with van der Waals surface area (Å²) in [6, 6.07) is 5.06. The Morgan fingerprint density at radius 3 is 2.73 bits per heavy atom. The van der Waals surface area contributed by atoms with Gasteiger partial charge in [0.05, 0.1) is 12.8 Å². The summed E-state index contributed by atoms with van der Waals surface area (Å²) in [6.07, 6.45) is 0.706. The Labute approximate surface area is 170 Å². The molecule has 0 saturated heterocycles. The SMILES string of the molecule is COc1ccc(NS(=O)(=O)c2cc(Br)c(Cl)s2)c2c1C[C@@H](N(C)C)CO2. The third kappa shape index (κ3) is 3.82. The lowest BCUT2D eigenvalue weighted by atomic mass is 10.00. The number of hydrogen-bond acceptors (Lipinski definition) is 6. The lowest BCUT2D eigenvalue weighted by Gasteiger charge is -2.32. The van der Waals surface area contributed by atoms with Crippen molar-refractivity contribution in [2.75, 3.05) is 32.5 Å². The molecule has 2 heterocycles. The van der Waals surface area contributed by atoms with E-state index in [9.17, 15) is 8.42 Å². The number of sulfonamides is 1. The number of hydrogen-bond donors (Lipinski definition) is 1. The second kappa shape index (κ2) is 7.55. The minimum atomic E-state index is -3.78. The largest absolute Gasteiger partial charge is 0.496 e. The van der Waals surface area contributed by atoms with Crippen LogP contribution in [0.4, 0.5) is 5.69 Å². The summed E-state index contributed by atoms with van der Waals surface area (Å²) in [5.74, 6) is 1.18. The average molecular weight is 482 g/mol. The van der Waals surface area contributed by atoms with Gasteiger partial charge in [-0.3, -0.25) is 4.72 Å². The molecular formula is C16H18BrClN2O4S2. The summed E-state index contributed by atoms with van der Waals surface area (Å²) in [6.45, 7) is 0.471. The van der Waals surface area contributed by atoms with E-state index in [1.807, 2.05) is 14.1 Å². The lowest BCUT2D eigenvalue weighted by molar-refractivity contribution is 0.164. The van der Waals surface area contributed by atoms with E-state index in [1.54, 1.807) is 19.2 Å². The zero-order valence-electron chi connectivity index (χ0n) is 14.4. The number of anilines is 1. The van der Waals surface area contributed by atoms with Gasteiger partial charge in [0.25, 0.3) is 10.0 Å². The summed E-state index contributed by atoms with van der Waals surface area (Å²) < 4.78 is 40.4. The van der Waals surface area contributed by atoms with Crippen molar-refractivity contribution in [2.24, 2.45) is 0 Å². The summed E-state index contributed by atoms with van der Waals surface area (Å²) in [7, 11) is 1.78. The molecule has 1 aromatic heterocycles. The highest BCUT2D eigenvalue weighted by molar-refractivity contribution is 9.10. The second-order valence-corrected chi connectivity index (χ2v) is 10.5. The van der Waals surface area contributed by atoms with Gasteiger partial charge in [0.2, 0.25) is 0 Å². The number of nitrogens with zero attached hydrogens (tertiary/aromatic N) is 1. The Hall–Kier alpha value is -1.000. The normalized spacial score (nSPS) is 16.9. The minimum Gasteiger partial charge on any atom is -0.496 e. The summed E-state index contributed by atoms with van der Waals surface area (Å²) in [4.78, 5) is 2.07. The summed E-state index contributed by atoms with van der Waals surface area (Å²) >= 11 is 10.2. The molecule has 0 radical (unpaired) electrons. The van der Waals surface area contributed by atoms with Gasteiger partial charge >= 0.3 is 0 Å². The molecule has 142 valence electrons. The fraction of sp³-hybridized carbons (Fsp3) is 0.375. The van der Waals surface area contributed by atoms with E-state index in [-0.39, 0.29) is 10.3 Å². The first-order valence-electron chi connectivity index (χ1n) is 7.69. The molecular weight excluding hydrogens is 464 g/mol. The van der Waals surface area contributed by atoms with Crippen LogP contribution in [0.2, 0.25) is 4.34 Å². The molecule has 1 atom stereocenters. The van der Waals surface area contributed by atoms with E-state index in [0.717, 1.165) is 16.9 Å². The van der Waals surface area contributed by atoms with Gasteiger partial charge in [-0.15, -0.1) is 11.3 Å². The third-order valence-corrected chi connectivity index (χ3v) is 8.47. The van der Waals surface area contributed by atoms with E-state index in [1.165, 1.54) is 6.07 Å². The molecule has 0 unspecified atom stereocenters. The summed E-state index contributed by atoms with van der Waals surface area (Å²) in [5.41, 5.74) is 1.24. The average Bonchev–Trinajstić information content (AvgIpc) is 2.94. The Bertz CT molecular complexity index is 911. The molecule has 10 heteroatoms. The standard InChI is InChI=1S/C16H18BrClN2O4S2/c1-20(2)9-6-10-13(23-3)5-4-12(15(10)24-8-9)19-26(21,22)14-7-11(17)16(18)25-14/h4-5,7,9,19H,6,8H2,1-3H3/t9-/m1/s1. The van der Waals surface area contributed by atoms with Gasteiger partial charge in [0, 0.05) is 16.1 Å². The maximum absolute atomic E-state index is 12.7. The molecule has 6 nitrogen and oxygen atoms in total. The van der Waals surface area contributed by atoms with Gasteiger partial charge < -0.3 is 14.4 Å². The van der Waals surface area contributed by atoms with Gasteiger partial charge in [-0.2, -0.15) is 0 Å². The monoisotopic (exact) mass is 480 g/mol. The number of thiophene rings is 1. The highest BCUT2D eigenvalue weighted by Crippen LogP contribution is 2.42. The first kappa shape index (κ1) is 19.8. The van der Waals surface area contributed by atoms with Crippen LogP contribution in [0, 0.1) is 0 Å². The number of methoxy groups -OCH3 is 1. The van der Waals surface area contributed by atoms with Crippen LogP contribution in [0.15, 0.2) is 26.9 Å². The minimum absolute atomic E-state index is 0.126. The van der Waals surface area contributed by atoms with Gasteiger partial charge in [-0.25, -0.2) is 8.42 Å². The van der Waals surface area contributed by atoms with E-state index >= 15 is 0 Å². The molecule has 26 heavy (non-hydrogen) atoms. The molecule has 1 aromatic carbocycles. The maximum atomic E-state index is 12.7. The molecule has 0 fully saturated rings. The van der Waals surface area contributed by atoms with Crippen LogP contribution in [0.25, 0.3) is 0 Å². The molecule has 1 aliphatic rings. The van der Waals surface area contributed by atoms with Gasteiger partial charge in [-0.1, -0.05) is 11.6 Å². The Morgan fingerprint density at radius 2 is 2.15 bits per heavy atom. The summed E-state index contributed by atoms with van der Waals surface area (Å²) in [5, 5.41) is 0. The molecule has 0 saturated carbocycles. The van der Waals surface area contributed by atoms with Crippen molar-refractivity contribution in [1.82, 2.24) is 4.90 Å². The first-order valence-corrected chi connectivity index (χ1v) is 11.2. The fourth-order valence-corrected chi connectivity index (χ4v) is 6.06. The van der Waals surface area contributed by atoms with Crippen LogP contribution in [0.3, 0.4) is 0 Å². The quantitative estimate of drug-likeness (QED) is 0.703. The van der Waals surface area contributed by atoms with Crippen LogP contribution in [-0.4, -0.2) is 47.2 Å². The van der Waals surface area contributed by atoms with Crippen molar-refractivity contribution in [3.8, 4) is 11.5 Å². The van der Waals surface area contributed by atoms with Crippen molar-refractivity contribution in [1.29, 1.82) is 0 Å². The number of fused-ring (bicyclic) bond motifs is 1. The number of ether oxygens (including phenoxy) is 2. The van der Waals surface area contributed by atoms with Gasteiger partial charge in [0.1, 0.15) is 26.7 Å². The molecule has 0 spiro atoms. The van der Waals surface area contributed by atoms with Gasteiger partial charge in [-0.05, 0) is 54.6 Å². The third-order valence-electron chi connectivity index (χ3n) is 4.16. The molecule has 1 aliphatic heterocycles. The van der Waals surface area contributed by atoms with Crippen LogP contribution < -0.4 is 14.2 Å². The Balaban J connectivity index is 1.98. The van der Waals surface area contributed by atoms with Crippen LogP contribution in [-0.2, 0) is 16.4 Å². The highest BCUT2D eigenvalue weighted by atomic mass is 79.9. The topological polar surface area (TPSA) is 67.9 Å². The number of benzene rings is 1. The molecule has 0 amide bonds. The Morgan fingerprint density at radius 1 is 1.42 bits per heavy atom. The van der Waals surface area contributed by atoms with Crippen molar-refractivity contribution >= 4 is 54.6 Å². The number of likely N-dealkylation sites (N-methyl/N-ethyl adjacent to an activating group) is 1. The molecule has 1 N–H and O–H groups in total. The maximum Gasteiger partial charge on any atom is 0.271 e. The van der Waals surface area contributed by atoms with E-state index in [0.29, 0.717) is 39.0 Å². The van der Waals surface area contributed by atoms with Crippen molar-refractivity contribution in [3.05, 3.63) is 32.6 Å². The zero-order valence-corrected chi connectivity index (χ0v) is 18.4. The van der Waals surface area contributed by atoms with Crippen molar-refractivity contribution in [3.63, 3.8) is 0 Å². The van der Waals surface area contributed by atoms with Crippen LogP contribution in [0.5, 0.6) is 11.5 Å². The van der Waals surface area contributed by atoms with Crippen molar-refractivity contribution in [2.45, 2.75) is 16.7 Å². The molecule has 2 aromatic rings. The van der Waals surface area contributed by atoms with E-state index < -0.39 is 10.0 Å². The number of nitrogens with one attached hydrogen (secondary N) is 1.